The van der Waals surface area contributed by atoms with Crippen LogP contribution in [0.3, 0.4) is 0 Å². The molecule has 2 heterocycles. The third kappa shape index (κ3) is 1.53. The van der Waals surface area contributed by atoms with Gasteiger partial charge in [-0.3, -0.25) is 0 Å². The van der Waals surface area contributed by atoms with Gasteiger partial charge in [-0.05, 0) is 69.1 Å². The van der Waals surface area contributed by atoms with Gasteiger partial charge in [-0.1, -0.05) is 0 Å². The van der Waals surface area contributed by atoms with E-state index in [1.807, 2.05) is 0 Å². The molecule has 4 bridgehead atoms. The fourth-order valence-electron chi connectivity index (χ4n) is 6.34. The molecule has 1 aromatic rings. The van der Waals surface area contributed by atoms with Crippen LogP contribution >= 0.6 is 0 Å². The van der Waals surface area contributed by atoms with Crippen LogP contribution in [0.1, 0.15) is 56.3 Å². The molecule has 20 heavy (non-hydrogen) atoms. The molecule has 0 spiro atoms. The zero-order valence-electron chi connectivity index (χ0n) is 12.2. The number of nitrogens with zero attached hydrogens (tertiary/aromatic N) is 2. The fraction of sp³-hybridized carbons (Fsp3) is 0.824. The summed E-state index contributed by atoms with van der Waals surface area (Å²) in [6, 6.07) is 0.334. The van der Waals surface area contributed by atoms with E-state index in [4.69, 9.17) is 10.7 Å². The largest absolute Gasteiger partial charge is 0.333 e. The van der Waals surface area contributed by atoms with Crippen molar-refractivity contribution in [3.63, 3.8) is 0 Å². The normalized spacial score (nSPS) is 45.6. The molecule has 6 rings (SSSR count). The van der Waals surface area contributed by atoms with Crippen LogP contribution in [0.4, 0.5) is 0 Å². The molecule has 1 atom stereocenters. The zero-order valence-corrected chi connectivity index (χ0v) is 12.2. The Morgan fingerprint density at radius 3 is 2.40 bits per heavy atom. The van der Waals surface area contributed by atoms with E-state index >= 15 is 0 Å². The van der Waals surface area contributed by atoms with Crippen LogP contribution in [-0.4, -0.2) is 15.6 Å². The highest BCUT2D eigenvalue weighted by molar-refractivity contribution is 5.29. The van der Waals surface area contributed by atoms with Gasteiger partial charge in [0.15, 0.2) is 0 Å². The van der Waals surface area contributed by atoms with Crippen LogP contribution in [0, 0.1) is 17.8 Å². The molecule has 4 fully saturated rings. The lowest BCUT2D eigenvalue weighted by atomic mass is 9.48. The van der Waals surface area contributed by atoms with E-state index < -0.39 is 0 Å². The van der Waals surface area contributed by atoms with Gasteiger partial charge in [-0.2, -0.15) is 0 Å². The topological polar surface area (TPSA) is 43.8 Å². The predicted octanol–water partition coefficient (Wildman–Crippen LogP) is 2.62. The van der Waals surface area contributed by atoms with Gasteiger partial charge >= 0.3 is 0 Å². The Hall–Kier alpha value is -0.830. The SMILES string of the molecule is NC1CCc2c(C34CC5CC(CC(C5)C3)C4)ncn2C1. The molecule has 4 aliphatic carbocycles. The summed E-state index contributed by atoms with van der Waals surface area (Å²) >= 11 is 0. The zero-order chi connectivity index (χ0) is 13.3. The maximum absolute atomic E-state index is 6.12. The van der Waals surface area contributed by atoms with Crippen molar-refractivity contribution in [2.75, 3.05) is 0 Å². The lowest BCUT2D eigenvalue weighted by Gasteiger charge is -2.56. The first-order chi connectivity index (χ1) is 9.72. The standard InChI is InChI=1S/C17H25N3/c18-14-1-2-15-16(19-10-20(15)9-14)17-6-11-3-12(7-17)5-13(4-11)8-17/h10-14H,1-9,18H2. The van der Waals surface area contributed by atoms with E-state index in [0.29, 0.717) is 11.5 Å². The maximum Gasteiger partial charge on any atom is 0.0952 e. The van der Waals surface area contributed by atoms with Crippen molar-refractivity contribution in [3.05, 3.63) is 17.7 Å². The van der Waals surface area contributed by atoms with E-state index in [1.54, 1.807) is 0 Å². The molecule has 4 saturated carbocycles. The molecule has 1 aromatic heterocycles. The van der Waals surface area contributed by atoms with Crippen LogP contribution in [0.2, 0.25) is 0 Å². The second-order valence-corrected chi connectivity index (χ2v) is 8.19. The Morgan fingerprint density at radius 2 is 1.75 bits per heavy atom. The molecule has 108 valence electrons. The molecule has 0 aromatic carbocycles. The van der Waals surface area contributed by atoms with Crippen LogP contribution < -0.4 is 5.73 Å². The van der Waals surface area contributed by atoms with Gasteiger partial charge in [-0.15, -0.1) is 0 Å². The van der Waals surface area contributed by atoms with Crippen LogP contribution in [0.5, 0.6) is 0 Å². The van der Waals surface area contributed by atoms with Crippen molar-refractivity contribution < 1.29 is 0 Å². The Labute approximate surface area is 120 Å². The van der Waals surface area contributed by atoms with Gasteiger partial charge in [0.2, 0.25) is 0 Å². The first kappa shape index (κ1) is 11.8. The number of aromatic nitrogens is 2. The Morgan fingerprint density at radius 1 is 1.10 bits per heavy atom. The van der Waals surface area contributed by atoms with Crippen LogP contribution in [0.25, 0.3) is 0 Å². The number of hydrogen-bond acceptors (Lipinski definition) is 2. The number of hydrogen-bond donors (Lipinski definition) is 1. The number of imidazole rings is 1. The summed E-state index contributed by atoms with van der Waals surface area (Å²) in [5.74, 6) is 3.01. The summed E-state index contributed by atoms with van der Waals surface area (Å²) in [6.07, 6.45) is 13.2. The average Bonchev–Trinajstić information content (AvgIpc) is 2.80. The van der Waals surface area contributed by atoms with Crippen molar-refractivity contribution in [2.45, 2.75) is 69.4 Å². The van der Waals surface area contributed by atoms with Gasteiger partial charge in [0, 0.05) is 23.7 Å². The lowest BCUT2D eigenvalue weighted by molar-refractivity contribution is -0.00759. The van der Waals surface area contributed by atoms with E-state index in [1.165, 1.54) is 49.9 Å². The molecule has 0 amide bonds. The molecule has 2 N–H and O–H groups in total. The molecule has 3 heteroatoms. The Kier molecular flexibility index (Phi) is 2.29. The van der Waals surface area contributed by atoms with Crippen molar-refractivity contribution in [1.82, 2.24) is 9.55 Å². The summed E-state index contributed by atoms with van der Waals surface area (Å²) in [5.41, 5.74) is 9.60. The molecule has 3 nitrogen and oxygen atoms in total. The molecule has 1 aliphatic heterocycles. The molecular weight excluding hydrogens is 246 g/mol. The first-order valence-corrected chi connectivity index (χ1v) is 8.52. The summed E-state index contributed by atoms with van der Waals surface area (Å²) in [4.78, 5) is 4.93. The maximum atomic E-state index is 6.12. The van der Waals surface area contributed by atoms with E-state index in [9.17, 15) is 0 Å². The molecule has 1 unspecified atom stereocenters. The Bertz CT molecular complexity index is 509. The van der Waals surface area contributed by atoms with Gasteiger partial charge in [0.25, 0.3) is 0 Å². The van der Waals surface area contributed by atoms with Crippen LogP contribution in [0.15, 0.2) is 6.33 Å². The molecular formula is C17H25N3. The molecule has 0 radical (unpaired) electrons. The molecule has 0 saturated heterocycles. The monoisotopic (exact) mass is 271 g/mol. The van der Waals surface area contributed by atoms with Gasteiger partial charge in [-0.25, -0.2) is 4.98 Å². The number of rotatable bonds is 1. The summed E-state index contributed by atoms with van der Waals surface area (Å²) < 4.78 is 2.36. The summed E-state index contributed by atoms with van der Waals surface area (Å²) in [5, 5.41) is 0. The number of nitrogens with two attached hydrogens (primary N) is 1. The minimum absolute atomic E-state index is 0.334. The second-order valence-electron chi connectivity index (χ2n) is 8.19. The second kappa shape index (κ2) is 3.88. The quantitative estimate of drug-likeness (QED) is 0.853. The summed E-state index contributed by atoms with van der Waals surface area (Å²) in [7, 11) is 0. The van der Waals surface area contributed by atoms with Gasteiger partial charge < -0.3 is 10.3 Å². The predicted molar refractivity (Wildman–Crippen MR) is 78.4 cm³/mol. The van der Waals surface area contributed by atoms with E-state index in [0.717, 1.165) is 37.1 Å². The van der Waals surface area contributed by atoms with Gasteiger partial charge in [0.1, 0.15) is 0 Å². The minimum atomic E-state index is 0.334. The van der Waals surface area contributed by atoms with Crippen LogP contribution in [-0.2, 0) is 18.4 Å². The minimum Gasteiger partial charge on any atom is -0.333 e. The third-order valence-corrected chi connectivity index (χ3v) is 6.67. The summed E-state index contributed by atoms with van der Waals surface area (Å²) in [6.45, 7) is 0.981. The van der Waals surface area contributed by atoms with Crippen molar-refractivity contribution in [3.8, 4) is 0 Å². The number of fused-ring (bicyclic) bond motifs is 1. The Balaban J connectivity index is 1.57. The fourth-order valence-corrected chi connectivity index (χ4v) is 6.34. The lowest BCUT2D eigenvalue weighted by Crippen LogP contribution is -2.49. The average molecular weight is 271 g/mol. The smallest absolute Gasteiger partial charge is 0.0952 e. The van der Waals surface area contributed by atoms with Crippen molar-refractivity contribution in [1.29, 1.82) is 0 Å². The van der Waals surface area contributed by atoms with E-state index in [2.05, 4.69) is 10.9 Å². The highest BCUT2D eigenvalue weighted by Gasteiger charge is 2.53. The van der Waals surface area contributed by atoms with E-state index in [-0.39, 0.29) is 0 Å². The highest BCUT2D eigenvalue weighted by atomic mass is 15.1. The highest BCUT2D eigenvalue weighted by Crippen LogP contribution is 2.60. The van der Waals surface area contributed by atoms with Crippen molar-refractivity contribution >= 4 is 0 Å². The van der Waals surface area contributed by atoms with Crippen molar-refractivity contribution in [2.24, 2.45) is 23.5 Å². The molecule has 5 aliphatic rings. The van der Waals surface area contributed by atoms with Gasteiger partial charge in [0.05, 0.1) is 12.0 Å². The third-order valence-electron chi connectivity index (χ3n) is 6.67. The first-order valence-electron chi connectivity index (χ1n) is 8.52.